The average molecular weight is 396 g/mol. The lowest BCUT2D eigenvalue weighted by Crippen LogP contribution is -2.29. The summed E-state index contributed by atoms with van der Waals surface area (Å²) >= 11 is 0. The molecule has 0 saturated carbocycles. The molecule has 9 heteroatoms. The molecule has 2 heterocycles. The highest BCUT2D eigenvalue weighted by Gasteiger charge is 2.18. The lowest BCUT2D eigenvalue weighted by Gasteiger charge is -2.10. The summed E-state index contributed by atoms with van der Waals surface area (Å²) in [7, 11) is 0. The summed E-state index contributed by atoms with van der Waals surface area (Å²) in [5, 5.41) is 15.0. The molecule has 0 radical (unpaired) electrons. The van der Waals surface area contributed by atoms with Gasteiger partial charge in [-0.15, -0.1) is 0 Å². The van der Waals surface area contributed by atoms with Crippen LogP contribution >= 0.6 is 0 Å². The maximum Gasteiger partial charge on any atom is 0.271 e. The molecule has 8 nitrogen and oxygen atoms in total. The van der Waals surface area contributed by atoms with Crippen molar-refractivity contribution < 1.29 is 19.1 Å². The quantitative estimate of drug-likeness (QED) is 0.502. The van der Waals surface area contributed by atoms with Crippen molar-refractivity contribution in [3.63, 3.8) is 0 Å². The van der Waals surface area contributed by atoms with E-state index in [0.717, 1.165) is 11.6 Å². The fraction of sp³-hybridized carbons (Fsp3) is 0.100. The first kappa shape index (κ1) is 19.7. The highest BCUT2D eigenvalue weighted by Crippen LogP contribution is 2.10. The van der Waals surface area contributed by atoms with Gasteiger partial charge in [0.25, 0.3) is 11.8 Å². The van der Waals surface area contributed by atoms with Crippen molar-refractivity contribution in [1.82, 2.24) is 20.6 Å². The Hall–Kier alpha value is -4.01. The predicted molar refractivity (Wildman–Crippen MR) is 102 cm³/mol. The number of halogens is 1. The minimum Gasteiger partial charge on any atom is -0.503 e. The van der Waals surface area contributed by atoms with Gasteiger partial charge in [-0.3, -0.25) is 19.4 Å². The standard InChI is InChI=1S/C20H17FN4O4/c21-14-5-3-12(4-6-14)10-24-20(29)17-18(27)16(26)8-15(25-17)19(28)23-11-13-2-1-7-22-9-13/h1-9,27H,10-11H2,(H,23,28)(H,24,29)(H,25,26). The highest BCUT2D eigenvalue weighted by molar-refractivity contribution is 5.98. The van der Waals surface area contributed by atoms with Gasteiger partial charge < -0.3 is 20.7 Å². The monoisotopic (exact) mass is 396 g/mol. The second-order valence-electron chi connectivity index (χ2n) is 6.12. The first-order valence-electron chi connectivity index (χ1n) is 8.60. The van der Waals surface area contributed by atoms with E-state index in [2.05, 4.69) is 20.6 Å². The van der Waals surface area contributed by atoms with Crippen LogP contribution in [0.15, 0.2) is 59.7 Å². The van der Waals surface area contributed by atoms with Crippen molar-refractivity contribution in [1.29, 1.82) is 0 Å². The van der Waals surface area contributed by atoms with Crippen molar-refractivity contribution in [3.8, 4) is 5.75 Å². The number of nitrogens with zero attached hydrogens (tertiary/aromatic N) is 1. The first-order chi connectivity index (χ1) is 13.9. The summed E-state index contributed by atoms with van der Waals surface area (Å²) in [5.41, 5.74) is -0.122. The molecule has 0 spiro atoms. The zero-order valence-electron chi connectivity index (χ0n) is 15.1. The molecule has 29 heavy (non-hydrogen) atoms. The maximum atomic E-state index is 12.9. The Morgan fingerprint density at radius 1 is 1.03 bits per heavy atom. The molecule has 0 aliphatic rings. The van der Waals surface area contributed by atoms with Gasteiger partial charge in [0.2, 0.25) is 5.43 Å². The van der Waals surface area contributed by atoms with Crippen molar-refractivity contribution in [2.75, 3.05) is 0 Å². The van der Waals surface area contributed by atoms with Crippen molar-refractivity contribution in [2.45, 2.75) is 13.1 Å². The third-order valence-corrected chi connectivity index (χ3v) is 4.02. The molecule has 0 saturated heterocycles. The van der Waals surface area contributed by atoms with Crippen LogP contribution in [0.2, 0.25) is 0 Å². The van der Waals surface area contributed by atoms with E-state index in [1.165, 1.54) is 24.3 Å². The molecule has 2 aromatic heterocycles. The van der Waals surface area contributed by atoms with E-state index in [0.29, 0.717) is 5.56 Å². The molecule has 4 N–H and O–H groups in total. The molecule has 0 fully saturated rings. The summed E-state index contributed by atoms with van der Waals surface area (Å²) in [5.74, 6) is -2.62. The van der Waals surface area contributed by atoms with Crippen LogP contribution in [0.1, 0.15) is 32.1 Å². The van der Waals surface area contributed by atoms with Crippen LogP contribution in [0.5, 0.6) is 5.75 Å². The number of hydrogen-bond donors (Lipinski definition) is 4. The minimum absolute atomic E-state index is 0.0397. The summed E-state index contributed by atoms with van der Waals surface area (Å²) in [6, 6.07) is 9.85. The van der Waals surface area contributed by atoms with E-state index in [9.17, 15) is 23.9 Å². The van der Waals surface area contributed by atoms with Crippen LogP contribution < -0.4 is 16.1 Å². The number of H-pyrrole nitrogens is 1. The van der Waals surface area contributed by atoms with Gasteiger partial charge in [-0.2, -0.15) is 0 Å². The summed E-state index contributed by atoms with van der Waals surface area (Å²) < 4.78 is 12.9. The van der Waals surface area contributed by atoms with Crippen LogP contribution in [0.4, 0.5) is 4.39 Å². The largest absolute Gasteiger partial charge is 0.503 e. The van der Waals surface area contributed by atoms with E-state index >= 15 is 0 Å². The Kier molecular flexibility index (Phi) is 5.98. The van der Waals surface area contributed by atoms with E-state index in [1.807, 2.05) is 0 Å². The normalized spacial score (nSPS) is 10.4. The predicted octanol–water partition coefficient (Wildman–Crippen LogP) is 1.47. The second-order valence-corrected chi connectivity index (χ2v) is 6.12. The van der Waals surface area contributed by atoms with Crippen molar-refractivity contribution >= 4 is 11.8 Å². The fourth-order valence-electron chi connectivity index (χ4n) is 2.49. The maximum absolute atomic E-state index is 12.9. The summed E-state index contributed by atoms with van der Waals surface area (Å²) in [6.07, 6.45) is 3.17. The van der Waals surface area contributed by atoms with Crippen LogP contribution in [0.25, 0.3) is 0 Å². The van der Waals surface area contributed by atoms with Gasteiger partial charge in [-0.05, 0) is 29.3 Å². The van der Waals surface area contributed by atoms with Crippen LogP contribution in [-0.4, -0.2) is 26.9 Å². The number of benzene rings is 1. The number of rotatable bonds is 6. The Bertz CT molecular complexity index is 1080. The number of hydrogen-bond acceptors (Lipinski definition) is 5. The lowest BCUT2D eigenvalue weighted by molar-refractivity contribution is 0.0939. The number of aromatic nitrogens is 2. The smallest absolute Gasteiger partial charge is 0.271 e. The van der Waals surface area contributed by atoms with Crippen LogP contribution in [0.3, 0.4) is 0 Å². The van der Waals surface area contributed by atoms with Crippen molar-refractivity contribution in [3.05, 3.63) is 93.4 Å². The number of amides is 2. The Labute approximate surface area is 164 Å². The molecule has 1 aromatic carbocycles. The fourth-order valence-corrected chi connectivity index (χ4v) is 2.49. The number of nitrogens with one attached hydrogen (secondary N) is 3. The third-order valence-electron chi connectivity index (χ3n) is 4.02. The molecular formula is C20H17FN4O4. The van der Waals surface area contributed by atoms with Gasteiger partial charge in [-0.1, -0.05) is 18.2 Å². The van der Waals surface area contributed by atoms with Gasteiger partial charge in [0, 0.05) is 31.5 Å². The van der Waals surface area contributed by atoms with Gasteiger partial charge in [0.05, 0.1) is 0 Å². The van der Waals surface area contributed by atoms with Crippen LogP contribution in [0, 0.1) is 5.82 Å². The topological polar surface area (TPSA) is 124 Å². The minimum atomic E-state index is -0.873. The number of aromatic hydroxyl groups is 1. The molecule has 0 aliphatic heterocycles. The van der Waals surface area contributed by atoms with Crippen molar-refractivity contribution in [2.24, 2.45) is 0 Å². The summed E-state index contributed by atoms with van der Waals surface area (Å²) in [6.45, 7) is 0.208. The number of carbonyl (C=O) groups is 2. The molecule has 3 aromatic rings. The molecule has 0 aliphatic carbocycles. The van der Waals surface area contributed by atoms with E-state index < -0.39 is 34.5 Å². The van der Waals surface area contributed by atoms with Gasteiger partial charge >= 0.3 is 0 Å². The summed E-state index contributed by atoms with van der Waals surface area (Å²) in [4.78, 5) is 43.1. The highest BCUT2D eigenvalue weighted by atomic mass is 19.1. The Morgan fingerprint density at radius 3 is 2.41 bits per heavy atom. The molecular weight excluding hydrogens is 379 g/mol. The number of pyridine rings is 2. The van der Waals surface area contributed by atoms with E-state index in [-0.39, 0.29) is 18.8 Å². The SMILES string of the molecule is O=C(NCc1cccnc1)c1cc(=O)c(O)c(C(=O)NCc2ccc(F)cc2)[nH]1. The molecule has 0 atom stereocenters. The molecule has 0 bridgehead atoms. The number of aromatic amines is 1. The second kappa shape index (κ2) is 8.79. The molecule has 3 rings (SSSR count). The Morgan fingerprint density at radius 2 is 1.72 bits per heavy atom. The molecule has 0 unspecified atom stereocenters. The van der Waals surface area contributed by atoms with E-state index in [4.69, 9.17) is 0 Å². The zero-order valence-corrected chi connectivity index (χ0v) is 15.1. The van der Waals surface area contributed by atoms with Gasteiger partial charge in [0.1, 0.15) is 11.5 Å². The third kappa shape index (κ3) is 5.04. The molecule has 148 valence electrons. The van der Waals surface area contributed by atoms with Gasteiger partial charge in [0.15, 0.2) is 11.4 Å². The van der Waals surface area contributed by atoms with E-state index in [1.54, 1.807) is 24.5 Å². The first-order valence-corrected chi connectivity index (χ1v) is 8.60. The Balaban J connectivity index is 1.72. The van der Waals surface area contributed by atoms with Gasteiger partial charge in [-0.25, -0.2) is 4.39 Å². The molecule has 2 amide bonds. The lowest BCUT2D eigenvalue weighted by atomic mass is 10.2. The zero-order chi connectivity index (χ0) is 20.8. The van der Waals surface area contributed by atoms with Crippen LogP contribution in [-0.2, 0) is 13.1 Å². The average Bonchev–Trinajstić information content (AvgIpc) is 2.74. The number of carbonyl (C=O) groups excluding carboxylic acids is 2.